The first-order valence-electron chi connectivity index (χ1n) is 22.7. The lowest BCUT2D eigenvalue weighted by molar-refractivity contribution is -0.438. The number of fused-ring (bicyclic) bond motifs is 6. The summed E-state index contributed by atoms with van der Waals surface area (Å²) in [5.74, 6) is -1.08. The molecule has 0 N–H and O–H groups in total. The van der Waals surface area contributed by atoms with E-state index in [1.54, 1.807) is 13.8 Å². The Balaban J connectivity index is 1.37. The molecule has 0 saturated heterocycles. The zero-order chi connectivity index (χ0) is 44.4. The molecule has 4 aromatic carbocycles. The van der Waals surface area contributed by atoms with E-state index in [1.165, 1.54) is 55.5 Å². The average Bonchev–Trinajstić information content (AvgIpc) is 3.59. The van der Waals surface area contributed by atoms with Gasteiger partial charge in [-0.15, -0.1) is 0 Å². The predicted molar refractivity (Wildman–Crippen MR) is 264 cm³/mol. The van der Waals surface area contributed by atoms with Crippen molar-refractivity contribution in [1.29, 1.82) is 0 Å². The van der Waals surface area contributed by atoms with Gasteiger partial charge < -0.3 is 14.4 Å². The summed E-state index contributed by atoms with van der Waals surface area (Å²) in [5, 5.41) is 4.91. The Morgan fingerprint density at radius 3 is 1.95 bits per heavy atom. The fraction of sp³-hybridized carbons (Fsp3) is 0.426. The number of hydrogen-bond donors (Lipinski definition) is 0. The molecule has 2 heterocycles. The van der Waals surface area contributed by atoms with Crippen LogP contribution in [0.3, 0.4) is 0 Å². The van der Waals surface area contributed by atoms with E-state index in [9.17, 15) is 9.59 Å². The molecule has 62 heavy (non-hydrogen) atoms. The number of nitrogens with zero attached hydrogens (tertiary/aromatic N) is 2. The molecule has 0 spiro atoms. The van der Waals surface area contributed by atoms with E-state index in [0.717, 1.165) is 71.7 Å². The minimum atomic E-state index is -1.52. The number of rotatable bonds is 15. The molecular formula is C54H63Br2N2O4+. The molecule has 3 aliphatic rings. The predicted octanol–water partition coefficient (Wildman–Crippen LogP) is 14.3. The quantitative estimate of drug-likeness (QED) is 0.0514. The van der Waals surface area contributed by atoms with E-state index in [4.69, 9.17) is 9.47 Å². The summed E-state index contributed by atoms with van der Waals surface area (Å²) in [4.78, 5) is 30.9. The maximum atomic E-state index is 14.2. The second kappa shape index (κ2) is 18.8. The zero-order valence-corrected chi connectivity index (χ0v) is 41.1. The van der Waals surface area contributed by atoms with Gasteiger partial charge in [-0.05, 0) is 134 Å². The Morgan fingerprint density at radius 1 is 0.710 bits per heavy atom. The van der Waals surface area contributed by atoms with Gasteiger partial charge in [0, 0.05) is 56.4 Å². The van der Waals surface area contributed by atoms with Crippen molar-refractivity contribution in [2.45, 2.75) is 118 Å². The van der Waals surface area contributed by atoms with Gasteiger partial charge in [0.25, 0.3) is 0 Å². The summed E-state index contributed by atoms with van der Waals surface area (Å²) in [6.07, 6.45) is 18.0. The SMILES string of the molecule is CCCCCN1/C(=C/C=C2C=C(/C=C/C3=[N+](CCCCC)c4ccc5cc(Br)ccc5c4C3(C)C)CC(C(=O)OCC)(C(=O)OCC)C/2)C(C)(C)c2c1ccc1cc(Br)ccc21. The first-order valence-corrected chi connectivity index (χ1v) is 24.3. The van der Waals surface area contributed by atoms with Crippen LogP contribution in [-0.2, 0) is 29.9 Å². The third-order valence-electron chi connectivity index (χ3n) is 13.2. The Morgan fingerprint density at radius 2 is 1.32 bits per heavy atom. The smallest absolute Gasteiger partial charge is 0.324 e. The number of halogens is 2. The van der Waals surface area contributed by atoms with Crippen LogP contribution in [0.15, 0.2) is 117 Å². The number of carbonyl (C=O) groups excluding carboxylic acids is 2. The van der Waals surface area contributed by atoms with Crippen LogP contribution in [-0.4, -0.2) is 48.5 Å². The lowest BCUT2D eigenvalue weighted by atomic mass is 9.71. The van der Waals surface area contributed by atoms with Gasteiger partial charge in [-0.1, -0.05) is 115 Å². The van der Waals surface area contributed by atoms with Crippen LogP contribution in [0.5, 0.6) is 0 Å². The number of unbranched alkanes of at least 4 members (excludes halogenated alkanes) is 4. The number of benzene rings is 4. The minimum Gasteiger partial charge on any atom is -0.465 e. The van der Waals surface area contributed by atoms with E-state index in [2.05, 4.69) is 174 Å². The van der Waals surface area contributed by atoms with Gasteiger partial charge >= 0.3 is 11.9 Å². The van der Waals surface area contributed by atoms with Crippen molar-refractivity contribution < 1.29 is 23.6 Å². The zero-order valence-electron chi connectivity index (χ0n) is 37.9. The number of hydrogen-bond acceptors (Lipinski definition) is 5. The summed E-state index contributed by atoms with van der Waals surface area (Å²) in [6.45, 7) is 19.5. The second-order valence-electron chi connectivity index (χ2n) is 18.2. The van der Waals surface area contributed by atoms with Crippen molar-refractivity contribution in [3.63, 3.8) is 0 Å². The monoisotopic (exact) mass is 961 g/mol. The summed E-state index contributed by atoms with van der Waals surface area (Å²) in [7, 11) is 0. The molecule has 1 aliphatic carbocycles. The van der Waals surface area contributed by atoms with Crippen molar-refractivity contribution in [3.05, 3.63) is 128 Å². The van der Waals surface area contributed by atoms with E-state index in [1.807, 2.05) is 0 Å². The summed E-state index contributed by atoms with van der Waals surface area (Å²) in [6, 6.07) is 22.1. The van der Waals surface area contributed by atoms with Crippen LogP contribution in [0.1, 0.15) is 118 Å². The van der Waals surface area contributed by atoms with E-state index in [-0.39, 0.29) is 36.9 Å². The number of anilines is 1. The van der Waals surface area contributed by atoms with E-state index < -0.39 is 17.4 Å². The molecule has 326 valence electrons. The van der Waals surface area contributed by atoms with Crippen LogP contribution < -0.4 is 4.90 Å². The van der Waals surface area contributed by atoms with Gasteiger partial charge in [-0.25, -0.2) is 0 Å². The summed E-state index contributed by atoms with van der Waals surface area (Å²) < 4.78 is 16.1. The molecule has 8 heteroatoms. The fourth-order valence-electron chi connectivity index (χ4n) is 10.2. The molecule has 0 unspecified atom stereocenters. The highest BCUT2D eigenvalue weighted by Crippen LogP contribution is 2.52. The third kappa shape index (κ3) is 8.55. The molecule has 0 amide bonds. The van der Waals surface area contributed by atoms with Crippen LogP contribution in [0.2, 0.25) is 0 Å². The molecule has 7 rings (SSSR count). The van der Waals surface area contributed by atoms with Crippen molar-refractivity contribution in [2.75, 3.05) is 31.2 Å². The number of allylic oxidation sites excluding steroid dienone is 8. The Labute approximate surface area is 386 Å². The largest absolute Gasteiger partial charge is 0.465 e. The van der Waals surface area contributed by atoms with Crippen LogP contribution in [0, 0.1) is 5.41 Å². The van der Waals surface area contributed by atoms with Crippen LogP contribution >= 0.6 is 31.9 Å². The van der Waals surface area contributed by atoms with Crippen molar-refractivity contribution in [1.82, 2.24) is 0 Å². The third-order valence-corrected chi connectivity index (χ3v) is 14.2. The molecule has 6 nitrogen and oxygen atoms in total. The van der Waals surface area contributed by atoms with Crippen molar-refractivity contribution >= 4 is 82.4 Å². The summed E-state index contributed by atoms with van der Waals surface area (Å²) >= 11 is 7.38. The fourth-order valence-corrected chi connectivity index (χ4v) is 11.0. The topological polar surface area (TPSA) is 58.8 Å². The van der Waals surface area contributed by atoms with Gasteiger partial charge in [0.2, 0.25) is 5.69 Å². The second-order valence-corrected chi connectivity index (χ2v) is 20.1. The molecule has 0 fully saturated rings. The molecule has 0 radical (unpaired) electrons. The van der Waals surface area contributed by atoms with E-state index >= 15 is 0 Å². The number of esters is 2. The minimum absolute atomic E-state index is 0.170. The lowest BCUT2D eigenvalue weighted by Gasteiger charge is -2.33. The van der Waals surface area contributed by atoms with Crippen LogP contribution in [0.25, 0.3) is 21.5 Å². The van der Waals surface area contributed by atoms with E-state index in [0.29, 0.717) is 0 Å². The van der Waals surface area contributed by atoms with Crippen molar-refractivity contribution in [3.8, 4) is 0 Å². The lowest BCUT2D eigenvalue weighted by Crippen LogP contribution is -2.44. The number of ether oxygens (including phenoxy) is 2. The van der Waals surface area contributed by atoms with Gasteiger partial charge in [-0.3, -0.25) is 9.59 Å². The first kappa shape index (κ1) is 45.7. The molecule has 4 aromatic rings. The number of carbonyl (C=O) groups is 2. The first-order chi connectivity index (χ1) is 29.7. The summed E-state index contributed by atoms with van der Waals surface area (Å²) in [5.41, 5.74) is 7.13. The molecule has 0 aromatic heterocycles. The highest BCUT2D eigenvalue weighted by atomic mass is 79.9. The van der Waals surface area contributed by atoms with Gasteiger partial charge in [0.1, 0.15) is 6.54 Å². The van der Waals surface area contributed by atoms with Crippen molar-refractivity contribution in [2.24, 2.45) is 5.41 Å². The highest BCUT2D eigenvalue weighted by Gasteiger charge is 2.52. The molecule has 0 saturated carbocycles. The molecule has 2 aliphatic heterocycles. The standard InChI is InChI=1S/C54H63Br2N2O4/c1-9-13-15-29-57-44-25-19-38-32-40(55)21-23-42(38)48(44)52(5,6)46(57)27-17-36-31-37(35-54(34-36,50(59)61-11-3)51(60)62-12-4)18-28-47-53(7,8)49-43-24-22-41(56)33-39(43)20-26-45(49)58(47)30-16-14-10-2/h17-28,31-33H,9-16,29-30,34-35H2,1-8H3/q+1. The Hall–Kier alpha value is -4.27. The normalized spacial score (nSPS) is 18.9. The van der Waals surface area contributed by atoms with Crippen LogP contribution in [0.4, 0.5) is 11.4 Å². The maximum Gasteiger partial charge on any atom is 0.324 e. The highest BCUT2D eigenvalue weighted by molar-refractivity contribution is 9.10. The van der Waals surface area contributed by atoms with Gasteiger partial charge in [0.05, 0.1) is 18.6 Å². The maximum absolute atomic E-state index is 14.2. The Bertz CT molecular complexity index is 2540. The average molecular weight is 964 g/mol. The molecule has 0 atom stereocenters. The van der Waals surface area contributed by atoms with Gasteiger partial charge in [0.15, 0.2) is 11.1 Å². The molecule has 0 bridgehead atoms. The molecular weight excluding hydrogens is 900 g/mol. The van der Waals surface area contributed by atoms with Gasteiger partial charge in [-0.2, -0.15) is 4.58 Å². The Kier molecular flexibility index (Phi) is 13.9.